The van der Waals surface area contributed by atoms with E-state index in [2.05, 4.69) is 10.4 Å². The number of thioether (sulfide) groups is 1. The molecule has 0 atom stereocenters. The van der Waals surface area contributed by atoms with Crippen molar-refractivity contribution >= 4 is 40.8 Å². The van der Waals surface area contributed by atoms with Crippen LogP contribution in [0.4, 0.5) is 5.82 Å². The minimum atomic E-state index is 0.644. The van der Waals surface area contributed by atoms with E-state index in [0.717, 1.165) is 10.6 Å². The smallest absolute Gasteiger partial charge is 0.140 e. The molecule has 3 N–H and O–H groups in total. The fourth-order valence-electron chi connectivity index (χ4n) is 1.38. The Bertz CT molecular complexity index is 549. The van der Waals surface area contributed by atoms with Crippen LogP contribution in [0, 0.1) is 0 Å². The molecule has 0 aliphatic carbocycles. The second-order valence-corrected chi connectivity index (χ2v) is 5.38. The molecular weight excluding hydrogens is 289 g/mol. The van der Waals surface area contributed by atoms with Crippen molar-refractivity contribution in [1.82, 2.24) is 4.98 Å². The van der Waals surface area contributed by atoms with E-state index in [4.69, 9.17) is 29.0 Å². The lowest BCUT2D eigenvalue weighted by Gasteiger charge is -2.06. The Morgan fingerprint density at radius 3 is 2.83 bits per heavy atom. The quantitative estimate of drug-likeness (QED) is 0.510. The maximum atomic E-state index is 6.09. The van der Waals surface area contributed by atoms with E-state index >= 15 is 0 Å². The van der Waals surface area contributed by atoms with Crippen LogP contribution < -0.4 is 11.3 Å². The van der Waals surface area contributed by atoms with Crippen molar-refractivity contribution in [2.45, 2.75) is 10.6 Å². The van der Waals surface area contributed by atoms with Crippen molar-refractivity contribution in [3.05, 3.63) is 52.1 Å². The highest BCUT2D eigenvalue weighted by Gasteiger charge is 2.04. The molecule has 6 heteroatoms. The van der Waals surface area contributed by atoms with Gasteiger partial charge in [0.05, 0.1) is 10.7 Å². The number of halogens is 2. The highest BCUT2D eigenvalue weighted by Crippen LogP contribution is 2.31. The molecule has 0 amide bonds. The van der Waals surface area contributed by atoms with Gasteiger partial charge < -0.3 is 5.43 Å². The normalized spacial score (nSPS) is 10.4. The van der Waals surface area contributed by atoms with Crippen molar-refractivity contribution in [1.29, 1.82) is 0 Å². The summed E-state index contributed by atoms with van der Waals surface area (Å²) < 4.78 is 0. The van der Waals surface area contributed by atoms with Gasteiger partial charge in [-0.25, -0.2) is 10.8 Å². The first-order valence-corrected chi connectivity index (χ1v) is 6.93. The standard InChI is InChI=1S/C12H11Cl2N3S/c13-8-4-5-10(14)11(6-8)18-7-9-2-1-3-12(16-9)17-15/h1-6H,7,15H2,(H,16,17). The van der Waals surface area contributed by atoms with Crippen molar-refractivity contribution in [2.75, 3.05) is 5.43 Å². The van der Waals surface area contributed by atoms with E-state index in [9.17, 15) is 0 Å². The summed E-state index contributed by atoms with van der Waals surface area (Å²) >= 11 is 13.6. The number of hydrazine groups is 1. The summed E-state index contributed by atoms with van der Waals surface area (Å²) in [7, 11) is 0. The SMILES string of the molecule is NNc1cccc(CSc2cc(Cl)ccc2Cl)n1. The van der Waals surface area contributed by atoms with Crippen molar-refractivity contribution in [3.63, 3.8) is 0 Å². The average molecular weight is 300 g/mol. The molecule has 3 nitrogen and oxygen atoms in total. The third kappa shape index (κ3) is 3.53. The lowest BCUT2D eigenvalue weighted by molar-refractivity contribution is 1.14. The Morgan fingerprint density at radius 2 is 2.06 bits per heavy atom. The number of nitrogens with zero attached hydrogens (tertiary/aromatic N) is 1. The summed E-state index contributed by atoms with van der Waals surface area (Å²) in [4.78, 5) is 5.27. The van der Waals surface area contributed by atoms with Crippen LogP contribution in [0.2, 0.25) is 10.0 Å². The van der Waals surface area contributed by atoms with Crippen LogP contribution in [0.5, 0.6) is 0 Å². The Balaban J connectivity index is 2.08. The van der Waals surface area contributed by atoms with Crippen LogP contribution in [0.25, 0.3) is 0 Å². The lowest BCUT2D eigenvalue weighted by Crippen LogP contribution is -2.08. The minimum absolute atomic E-state index is 0.644. The van der Waals surface area contributed by atoms with Crippen LogP contribution in [-0.4, -0.2) is 4.98 Å². The van der Waals surface area contributed by atoms with Gasteiger partial charge in [0.25, 0.3) is 0 Å². The summed E-state index contributed by atoms with van der Waals surface area (Å²) in [6.45, 7) is 0. The van der Waals surface area contributed by atoms with Crippen LogP contribution >= 0.6 is 35.0 Å². The molecule has 0 unspecified atom stereocenters. The molecule has 0 radical (unpaired) electrons. The molecule has 0 spiro atoms. The van der Waals surface area contributed by atoms with Gasteiger partial charge >= 0.3 is 0 Å². The van der Waals surface area contributed by atoms with E-state index in [0.29, 0.717) is 21.6 Å². The molecule has 0 aliphatic heterocycles. The third-order valence-corrected chi connectivity index (χ3v) is 3.99. The molecule has 1 aromatic heterocycles. The summed E-state index contributed by atoms with van der Waals surface area (Å²) in [6.07, 6.45) is 0. The highest BCUT2D eigenvalue weighted by atomic mass is 35.5. The topological polar surface area (TPSA) is 50.9 Å². The Labute approximate surface area is 120 Å². The monoisotopic (exact) mass is 299 g/mol. The van der Waals surface area contributed by atoms with Gasteiger partial charge in [-0.3, -0.25) is 0 Å². The van der Waals surface area contributed by atoms with E-state index in [-0.39, 0.29) is 0 Å². The number of hydrogen-bond acceptors (Lipinski definition) is 4. The second kappa shape index (κ2) is 6.29. The maximum absolute atomic E-state index is 6.09. The van der Waals surface area contributed by atoms with Gasteiger partial charge in [-0.1, -0.05) is 29.3 Å². The minimum Gasteiger partial charge on any atom is -0.308 e. The molecule has 1 heterocycles. The van der Waals surface area contributed by atoms with Gasteiger partial charge in [0, 0.05) is 15.7 Å². The van der Waals surface area contributed by atoms with Gasteiger partial charge in [0.1, 0.15) is 5.82 Å². The number of hydrogen-bond donors (Lipinski definition) is 2. The van der Waals surface area contributed by atoms with Crippen LogP contribution in [0.3, 0.4) is 0 Å². The van der Waals surface area contributed by atoms with Crippen molar-refractivity contribution in [2.24, 2.45) is 5.84 Å². The Morgan fingerprint density at radius 1 is 1.22 bits per heavy atom. The zero-order valence-corrected chi connectivity index (χ0v) is 11.7. The van der Waals surface area contributed by atoms with Gasteiger partial charge in [0.2, 0.25) is 0 Å². The maximum Gasteiger partial charge on any atom is 0.140 e. The summed E-state index contributed by atoms with van der Waals surface area (Å²) in [5, 5.41) is 1.37. The molecular formula is C12H11Cl2N3S. The number of benzene rings is 1. The zero-order chi connectivity index (χ0) is 13.0. The molecule has 0 saturated heterocycles. The number of anilines is 1. The van der Waals surface area contributed by atoms with Gasteiger partial charge in [-0.2, -0.15) is 0 Å². The van der Waals surface area contributed by atoms with Gasteiger partial charge in [-0.15, -0.1) is 11.8 Å². The summed E-state index contributed by atoms with van der Waals surface area (Å²) in [6, 6.07) is 11.0. The van der Waals surface area contributed by atoms with E-state index < -0.39 is 0 Å². The van der Waals surface area contributed by atoms with E-state index in [1.807, 2.05) is 18.2 Å². The van der Waals surface area contributed by atoms with E-state index in [1.54, 1.807) is 30.0 Å². The fraction of sp³-hybridized carbons (Fsp3) is 0.0833. The molecule has 0 fully saturated rings. The molecule has 1 aromatic carbocycles. The number of nitrogen functional groups attached to an aromatic ring is 1. The third-order valence-electron chi connectivity index (χ3n) is 2.22. The molecule has 2 aromatic rings. The Hall–Kier alpha value is -0.940. The number of nitrogens with one attached hydrogen (secondary N) is 1. The predicted molar refractivity (Wildman–Crippen MR) is 78.1 cm³/mol. The Kier molecular flexibility index (Phi) is 4.72. The number of rotatable bonds is 4. The molecule has 18 heavy (non-hydrogen) atoms. The van der Waals surface area contributed by atoms with Gasteiger partial charge in [-0.05, 0) is 30.3 Å². The largest absolute Gasteiger partial charge is 0.308 e. The van der Waals surface area contributed by atoms with Gasteiger partial charge in [0.15, 0.2) is 0 Å². The summed E-state index contributed by atoms with van der Waals surface area (Å²) in [5.74, 6) is 6.66. The first kappa shape index (κ1) is 13.5. The molecule has 0 saturated carbocycles. The van der Waals surface area contributed by atoms with Crippen LogP contribution in [0.15, 0.2) is 41.3 Å². The number of nitrogens with two attached hydrogens (primary N) is 1. The molecule has 94 valence electrons. The van der Waals surface area contributed by atoms with Crippen LogP contribution in [0.1, 0.15) is 5.69 Å². The number of pyridine rings is 1. The zero-order valence-electron chi connectivity index (χ0n) is 9.36. The first-order valence-electron chi connectivity index (χ1n) is 5.19. The number of aromatic nitrogens is 1. The predicted octanol–water partition coefficient (Wildman–Crippen LogP) is 3.97. The molecule has 0 bridgehead atoms. The van der Waals surface area contributed by atoms with Crippen LogP contribution in [-0.2, 0) is 5.75 Å². The lowest BCUT2D eigenvalue weighted by atomic mass is 10.4. The highest BCUT2D eigenvalue weighted by molar-refractivity contribution is 7.98. The molecule has 0 aliphatic rings. The fourth-order valence-corrected chi connectivity index (χ4v) is 2.78. The average Bonchev–Trinajstić information content (AvgIpc) is 2.40. The summed E-state index contributed by atoms with van der Waals surface area (Å²) in [5.41, 5.74) is 3.44. The second-order valence-electron chi connectivity index (χ2n) is 3.52. The first-order chi connectivity index (χ1) is 8.69. The molecule has 2 rings (SSSR count). The van der Waals surface area contributed by atoms with Crippen molar-refractivity contribution in [3.8, 4) is 0 Å². The van der Waals surface area contributed by atoms with Crippen molar-refractivity contribution < 1.29 is 0 Å². The van der Waals surface area contributed by atoms with E-state index in [1.165, 1.54) is 0 Å².